The maximum atomic E-state index is 7.33. The van der Waals surface area contributed by atoms with Gasteiger partial charge in [-0.2, -0.15) is 0 Å². The monoisotopic (exact) mass is 455 g/mol. The summed E-state index contributed by atoms with van der Waals surface area (Å²) in [7, 11) is 16.3. The molecule has 0 rings (SSSR count). The first-order valence-corrected chi connectivity index (χ1v) is 21.6. The number of halogens is 5. The molecule has 0 heterocycles. The van der Waals surface area contributed by atoms with Crippen LogP contribution in [0.15, 0.2) is 0 Å². The Labute approximate surface area is 84.2 Å². The van der Waals surface area contributed by atoms with Crippen LogP contribution in [0.4, 0.5) is 0 Å². The standard InChI is InChI=1S/5ClH.H4O4Si.W/c;;;;;1-5(2,3)4;/h5*1H;1-4H;/q;;;;;;+5/p-5. The van der Waals surface area contributed by atoms with Crippen molar-refractivity contribution in [1.82, 2.24) is 0 Å². The molecule has 0 aromatic carbocycles. The van der Waals surface area contributed by atoms with Crippen LogP contribution in [0.5, 0.6) is 0 Å². The molecule has 0 unspecified atom stereocenters. The van der Waals surface area contributed by atoms with E-state index in [0.717, 1.165) is 0 Å². The van der Waals surface area contributed by atoms with Crippen molar-refractivity contribution in [2.75, 3.05) is 0 Å². The van der Waals surface area contributed by atoms with Crippen molar-refractivity contribution in [3.05, 3.63) is 0 Å². The molecule has 0 spiro atoms. The summed E-state index contributed by atoms with van der Waals surface area (Å²) >= 11 is 0. The van der Waals surface area contributed by atoms with E-state index in [9.17, 15) is 0 Å². The van der Waals surface area contributed by atoms with E-state index in [0.29, 0.717) is 0 Å². The molecule has 0 saturated heterocycles. The predicted molar refractivity (Wildman–Crippen MR) is 43.9 cm³/mol. The third-order valence-electron chi connectivity index (χ3n) is 0. The van der Waals surface area contributed by atoms with Gasteiger partial charge in [0.1, 0.15) is 0 Å². The normalized spacial score (nSPS) is 15.9. The Morgan fingerprint density at radius 1 is 0.727 bits per heavy atom. The average molecular weight is 457 g/mol. The second kappa shape index (κ2) is 4.62. The summed E-state index contributed by atoms with van der Waals surface area (Å²) in [6.45, 7) is 0. The summed E-state index contributed by atoms with van der Waals surface area (Å²) < 4.78 is 0. The molecule has 0 aromatic heterocycles. The Morgan fingerprint density at radius 2 is 0.727 bits per heavy atom. The molecule has 0 aliphatic rings. The minimum atomic E-state index is -4.61. The van der Waals surface area contributed by atoms with Gasteiger partial charge in [0.15, 0.2) is 0 Å². The summed E-state index contributed by atoms with van der Waals surface area (Å²) in [5.41, 5.74) is 0. The van der Waals surface area contributed by atoms with Gasteiger partial charge in [-0.25, -0.2) is 0 Å². The molecule has 0 bridgehead atoms. The molecule has 0 fully saturated rings. The third kappa shape index (κ3) is 263. The van der Waals surface area contributed by atoms with E-state index < -0.39 is 18.7 Å². The Bertz CT molecular complexity index is 97.7. The van der Waals surface area contributed by atoms with Crippen molar-refractivity contribution in [3.63, 3.8) is 0 Å². The summed E-state index contributed by atoms with van der Waals surface area (Å²) in [5.74, 6) is 0. The molecule has 4 N–H and O–H groups in total. The molecule has 11 heteroatoms. The second-order valence-corrected chi connectivity index (χ2v) is 44.8. The molecule has 0 aromatic rings. The van der Waals surface area contributed by atoms with Gasteiger partial charge in [0, 0.05) is 0 Å². The molecule has 4 nitrogen and oxygen atoms in total. The molecular formula is H4Cl5O4SiW. The van der Waals surface area contributed by atoms with E-state index in [-0.39, 0.29) is 0 Å². The molecule has 11 heavy (non-hydrogen) atoms. The Kier molecular flexibility index (Phi) is 6.57. The zero-order chi connectivity index (χ0) is 9.95. The average Bonchev–Trinajstić information content (AvgIpc) is 1.07. The Hall–Kier alpha value is 2.20. The predicted octanol–water partition coefficient (Wildman–Crippen LogP) is 0.836. The van der Waals surface area contributed by atoms with Crippen LogP contribution in [0.25, 0.3) is 0 Å². The maximum absolute atomic E-state index is 7.33. The molecule has 0 aliphatic carbocycles. The molecule has 0 radical (unpaired) electrons. The third-order valence-corrected chi connectivity index (χ3v) is 0. The van der Waals surface area contributed by atoms with Crippen molar-refractivity contribution in [2.45, 2.75) is 0 Å². The van der Waals surface area contributed by atoms with Gasteiger partial charge in [0.05, 0.1) is 0 Å². The SMILES string of the molecule is O[Si](O)(O)O.[Cl][W]([Cl])([Cl])([Cl])[Cl]. The van der Waals surface area contributed by atoms with Crippen molar-refractivity contribution in [2.24, 2.45) is 0 Å². The van der Waals surface area contributed by atoms with Crippen LogP contribution in [0.2, 0.25) is 0 Å². The summed E-state index contributed by atoms with van der Waals surface area (Å²) in [6.07, 6.45) is 0. The van der Waals surface area contributed by atoms with E-state index in [1.807, 2.05) is 0 Å². The number of rotatable bonds is 0. The van der Waals surface area contributed by atoms with Gasteiger partial charge < -0.3 is 19.2 Å². The van der Waals surface area contributed by atoms with Crippen LogP contribution in [-0.2, 0) is 9.60 Å². The van der Waals surface area contributed by atoms with E-state index in [4.69, 9.17) is 66.3 Å². The van der Waals surface area contributed by atoms with Crippen molar-refractivity contribution < 1.29 is 28.8 Å². The summed E-state index contributed by atoms with van der Waals surface area (Å²) in [4.78, 5) is 29.3. The summed E-state index contributed by atoms with van der Waals surface area (Å²) in [6, 6.07) is 0. The van der Waals surface area contributed by atoms with Gasteiger partial charge in [-0.15, -0.1) is 0 Å². The van der Waals surface area contributed by atoms with Crippen molar-refractivity contribution in [1.29, 1.82) is 0 Å². The van der Waals surface area contributed by atoms with Crippen LogP contribution < -0.4 is 0 Å². The van der Waals surface area contributed by atoms with Crippen molar-refractivity contribution in [3.8, 4) is 0 Å². The van der Waals surface area contributed by atoms with E-state index in [2.05, 4.69) is 0 Å². The topological polar surface area (TPSA) is 80.9 Å². The van der Waals surface area contributed by atoms with Gasteiger partial charge >= 0.3 is 65.7 Å². The zero-order valence-electron chi connectivity index (χ0n) is 4.59. The first-order chi connectivity index (χ1) is 4.24. The van der Waals surface area contributed by atoms with Crippen LogP contribution in [-0.4, -0.2) is 28.2 Å². The van der Waals surface area contributed by atoms with Crippen LogP contribution in [0, 0.1) is 0 Å². The van der Waals surface area contributed by atoms with Gasteiger partial charge in [-0.05, 0) is 0 Å². The molecule has 0 amide bonds. The quantitative estimate of drug-likeness (QED) is 0.407. The molecular weight excluding hydrogens is 453 g/mol. The fourth-order valence-electron chi connectivity index (χ4n) is 0. The molecule has 0 atom stereocenters. The number of hydrogen-bond acceptors (Lipinski definition) is 4. The molecule has 0 saturated carbocycles. The minimum absolute atomic E-state index is 4.39. The van der Waals surface area contributed by atoms with E-state index in [1.54, 1.807) is 0 Å². The first kappa shape index (κ1) is 15.7. The van der Waals surface area contributed by atoms with Crippen molar-refractivity contribution >= 4 is 56.1 Å². The Balaban J connectivity index is 0. The first-order valence-electron chi connectivity index (χ1n) is 1.67. The Morgan fingerprint density at radius 3 is 0.727 bits per heavy atom. The molecule has 73 valence electrons. The zero-order valence-corrected chi connectivity index (χ0v) is 12.3. The van der Waals surface area contributed by atoms with E-state index in [1.165, 1.54) is 0 Å². The van der Waals surface area contributed by atoms with Gasteiger partial charge in [0.2, 0.25) is 0 Å². The van der Waals surface area contributed by atoms with Crippen LogP contribution in [0.1, 0.15) is 0 Å². The fraction of sp³-hybridized carbons (Fsp3) is 0. The molecule has 0 aliphatic heterocycles. The summed E-state index contributed by atoms with van der Waals surface area (Å²) in [5, 5.41) is 0. The van der Waals surface area contributed by atoms with Gasteiger partial charge in [-0.3, -0.25) is 0 Å². The second-order valence-electron chi connectivity index (χ2n) is 1.18. The van der Waals surface area contributed by atoms with Gasteiger partial charge in [0.25, 0.3) is 0 Å². The van der Waals surface area contributed by atoms with Gasteiger partial charge in [-0.1, -0.05) is 0 Å². The fourth-order valence-corrected chi connectivity index (χ4v) is 0. The number of hydrogen-bond donors (Lipinski definition) is 4. The van der Waals surface area contributed by atoms with Crippen LogP contribution >= 0.6 is 47.1 Å². The van der Waals surface area contributed by atoms with E-state index >= 15 is 0 Å². The van der Waals surface area contributed by atoms with Crippen LogP contribution in [0.3, 0.4) is 0 Å².